The number of H-pyrrole nitrogens is 1. The van der Waals surface area contributed by atoms with Gasteiger partial charge in [-0.25, -0.2) is 22.5 Å². The minimum atomic E-state index is -3.09. The van der Waals surface area contributed by atoms with Gasteiger partial charge in [0.2, 0.25) is 17.8 Å². The first-order chi connectivity index (χ1) is 16.0. The van der Waals surface area contributed by atoms with Crippen LogP contribution in [0.2, 0.25) is 0 Å². The summed E-state index contributed by atoms with van der Waals surface area (Å²) in [6.45, 7) is 4.68. The number of alkyl halides is 4. The van der Waals surface area contributed by atoms with Crippen molar-refractivity contribution in [2.24, 2.45) is 11.7 Å². The Kier molecular flexibility index (Phi) is 7.33. The van der Waals surface area contributed by atoms with Crippen molar-refractivity contribution in [1.29, 1.82) is 0 Å². The SMILES string of the molecule is Cc1[nH]c(N(C(=O)C(C)C)C(c2ccccc2C(N)=O)C(F)F)nc1-c1ccc(C(F)F)nc1. The molecule has 1 atom stereocenters. The number of rotatable bonds is 8. The Morgan fingerprint density at radius 1 is 1.06 bits per heavy atom. The molecule has 7 nitrogen and oxygen atoms in total. The van der Waals surface area contributed by atoms with Gasteiger partial charge in [-0.15, -0.1) is 0 Å². The van der Waals surface area contributed by atoms with E-state index in [0.717, 1.165) is 11.0 Å². The van der Waals surface area contributed by atoms with E-state index < -0.39 is 42.3 Å². The minimum absolute atomic E-state index is 0.127. The van der Waals surface area contributed by atoms with Gasteiger partial charge >= 0.3 is 0 Å². The van der Waals surface area contributed by atoms with Gasteiger partial charge in [0.25, 0.3) is 12.9 Å². The Balaban J connectivity index is 2.16. The summed E-state index contributed by atoms with van der Waals surface area (Å²) in [5.74, 6) is -2.47. The predicted molar refractivity (Wildman–Crippen MR) is 118 cm³/mol. The maximum atomic E-state index is 14.5. The molecule has 34 heavy (non-hydrogen) atoms. The molecule has 0 radical (unpaired) electrons. The molecular formula is C23H23F4N5O2. The van der Waals surface area contributed by atoms with Crippen molar-refractivity contribution in [1.82, 2.24) is 15.0 Å². The first-order valence-corrected chi connectivity index (χ1v) is 10.3. The summed E-state index contributed by atoms with van der Waals surface area (Å²) in [6, 6.07) is 6.20. The lowest BCUT2D eigenvalue weighted by atomic mass is 9.97. The van der Waals surface area contributed by atoms with Crippen LogP contribution in [-0.4, -0.2) is 33.2 Å². The topological polar surface area (TPSA) is 105 Å². The first kappa shape index (κ1) is 24.9. The Bertz CT molecular complexity index is 1180. The van der Waals surface area contributed by atoms with Crippen molar-refractivity contribution in [2.45, 2.75) is 39.7 Å². The quantitative estimate of drug-likeness (QED) is 0.454. The number of hydrogen-bond acceptors (Lipinski definition) is 4. The highest BCUT2D eigenvalue weighted by Gasteiger charge is 2.38. The van der Waals surface area contributed by atoms with Gasteiger partial charge in [-0.2, -0.15) is 0 Å². The predicted octanol–water partition coefficient (Wildman–Crippen LogP) is 4.81. The number of carbonyl (C=O) groups excluding carboxylic acids is 2. The number of amides is 2. The zero-order valence-corrected chi connectivity index (χ0v) is 18.6. The van der Waals surface area contributed by atoms with E-state index in [1.807, 2.05) is 0 Å². The van der Waals surface area contributed by atoms with Gasteiger partial charge in [-0.1, -0.05) is 32.0 Å². The largest absolute Gasteiger partial charge is 0.366 e. The Hall–Kier alpha value is -3.76. The molecule has 0 saturated carbocycles. The van der Waals surface area contributed by atoms with E-state index >= 15 is 0 Å². The normalized spacial score (nSPS) is 12.4. The standard InChI is InChI=1S/C23H23F4N5O2/c1-11(2)22(34)32(18(20(26)27)14-6-4-5-7-15(14)21(28)33)23-30-12(3)17(31-23)13-8-9-16(19(24)25)29-10-13/h4-11,18-20H,1-3H3,(H2,28,33)(H,30,31). The lowest BCUT2D eigenvalue weighted by Crippen LogP contribution is -2.42. The molecule has 0 saturated heterocycles. The van der Waals surface area contributed by atoms with Crippen LogP contribution in [0.3, 0.4) is 0 Å². The average Bonchev–Trinajstić information content (AvgIpc) is 3.17. The highest BCUT2D eigenvalue weighted by atomic mass is 19.3. The summed E-state index contributed by atoms with van der Waals surface area (Å²) < 4.78 is 54.6. The number of pyridine rings is 1. The number of nitrogens with two attached hydrogens (primary N) is 1. The fourth-order valence-electron chi connectivity index (χ4n) is 3.53. The van der Waals surface area contributed by atoms with Gasteiger partial charge in [0.15, 0.2) is 0 Å². The smallest absolute Gasteiger partial charge is 0.280 e. The Morgan fingerprint density at radius 3 is 2.26 bits per heavy atom. The number of carbonyl (C=O) groups is 2. The van der Waals surface area contributed by atoms with Crippen LogP contribution >= 0.6 is 0 Å². The van der Waals surface area contributed by atoms with E-state index in [0.29, 0.717) is 11.3 Å². The molecule has 180 valence electrons. The van der Waals surface area contributed by atoms with Crippen LogP contribution in [0, 0.1) is 12.8 Å². The van der Waals surface area contributed by atoms with Crippen molar-refractivity contribution in [3.8, 4) is 11.3 Å². The van der Waals surface area contributed by atoms with Crippen molar-refractivity contribution in [2.75, 3.05) is 4.90 Å². The number of aromatic amines is 1. The third kappa shape index (κ3) is 4.92. The third-order valence-electron chi connectivity index (χ3n) is 5.18. The molecule has 2 heterocycles. The molecule has 3 N–H and O–H groups in total. The number of nitrogens with zero attached hydrogens (tertiary/aromatic N) is 3. The van der Waals surface area contributed by atoms with Crippen LogP contribution in [0.1, 0.15) is 53.6 Å². The molecule has 0 fully saturated rings. The van der Waals surface area contributed by atoms with Crippen LogP contribution in [0.4, 0.5) is 23.5 Å². The number of aryl methyl sites for hydroxylation is 1. The maximum Gasteiger partial charge on any atom is 0.280 e. The molecule has 2 amide bonds. The summed E-state index contributed by atoms with van der Waals surface area (Å²) in [5, 5.41) is 0. The lowest BCUT2D eigenvalue weighted by molar-refractivity contribution is -0.122. The number of benzene rings is 1. The molecule has 0 spiro atoms. The summed E-state index contributed by atoms with van der Waals surface area (Å²) in [7, 11) is 0. The number of nitrogens with one attached hydrogen (secondary N) is 1. The molecule has 0 aliphatic carbocycles. The molecular weight excluding hydrogens is 454 g/mol. The number of halogens is 4. The van der Waals surface area contributed by atoms with Gasteiger partial charge in [0, 0.05) is 28.9 Å². The van der Waals surface area contributed by atoms with E-state index in [1.165, 1.54) is 36.5 Å². The molecule has 3 rings (SSSR count). The number of anilines is 1. The number of primary amides is 1. The molecule has 0 bridgehead atoms. The second-order valence-electron chi connectivity index (χ2n) is 7.90. The Labute approximate surface area is 193 Å². The zero-order chi connectivity index (χ0) is 25.2. The highest BCUT2D eigenvalue weighted by Crippen LogP contribution is 2.36. The summed E-state index contributed by atoms with van der Waals surface area (Å²) >= 11 is 0. The number of imidazole rings is 1. The van der Waals surface area contributed by atoms with Crippen molar-refractivity contribution >= 4 is 17.8 Å². The van der Waals surface area contributed by atoms with Crippen LogP contribution in [0.25, 0.3) is 11.3 Å². The van der Waals surface area contributed by atoms with Gasteiger partial charge in [-0.05, 0) is 30.7 Å². The molecule has 0 aliphatic heterocycles. The van der Waals surface area contributed by atoms with Crippen molar-refractivity contribution in [3.63, 3.8) is 0 Å². The highest BCUT2D eigenvalue weighted by molar-refractivity contribution is 5.97. The van der Waals surface area contributed by atoms with E-state index in [9.17, 15) is 27.2 Å². The van der Waals surface area contributed by atoms with Crippen LogP contribution < -0.4 is 10.6 Å². The molecule has 3 aromatic rings. The van der Waals surface area contributed by atoms with Gasteiger partial charge in [0.05, 0.1) is 5.69 Å². The fourth-order valence-corrected chi connectivity index (χ4v) is 3.53. The minimum Gasteiger partial charge on any atom is -0.366 e. The second-order valence-corrected chi connectivity index (χ2v) is 7.90. The van der Waals surface area contributed by atoms with Crippen LogP contribution in [0.5, 0.6) is 0 Å². The summed E-state index contributed by atoms with van der Waals surface area (Å²) in [6.07, 6.45) is -4.65. The summed E-state index contributed by atoms with van der Waals surface area (Å²) in [4.78, 5) is 36.7. The monoisotopic (exact) mass is 477 g/mol. The molecule has 2 aromatic heterocycles. The van der Waals surface area contributed by atoms with Crippen LogP contribution in [0.15, 0.2) is 42.6 Å². The third-order valence-corrected chi connectivity index (χ3v) is 5.18. The van der Waals surface area contributed by atoms with Gasteiger partial charge in [0.1, 0.15) is 11.7 Å². The fraction of sp³-hybridized carbons (Fsp3) is 0.304. The molecule has 11 heteroatoms. The molecule has 1 unspecified atom stereocenters. The lowest BCUT2D eigenvalue weighted by Gasteiger charge is -2.31. The first-order valence-electron chi connectivity index (χ1n) is 10.3. The number of aromatic nitrogens is 3. The van der Waals surface area contributed by atoms with E-state index in [2.05, 4.69) is 15.0 Å². The van der Waals surface area contributed by atoms with Crippen molar-refractivity contribution < 1.29 is 27.2 Å². The zero-order valence-electron chi connectivity index (χ0n) is 18.6. The van der Waals surface area contributed by atoms with Gasteiger partial charge < -0.3 is 10.7 Å². The second kappa shape index (κ2) is 10.0. The number of hydrogen-bond donors (Lipinski definition) is 2. The maximum absolute atomic E-state index is 14.5. The van der Waals surface area contributed by atoms with Gasteiger partial charge in [-0.3, -0.25) is 19.5 Å². The Morgan fingerprint density at radius 2 is 1.74 bits per heavy atom. The van der Waals surface area contributed by atoms with E-state index in [4.69, 9.17) is 5.73 Å². The summed E-state index contributed by atoms with van der Waals surface area (Å²) in [5.41, 5.74) is 5.70. The van der Waals surface area contributed by atoms with Crippen LogP contribution in [-0.2, 0) is 4.79 Å². The average molecular weight is 477 g/mol. The van der Waals surface area contributed by atoms with E-state index in [1.54, 1.807) is 20.8 Å². The van der Waals surface area contributed by atoms with E-state index in [-0.39, 0.29) is 22.8 Å². The van der Waals surface area contributed by atoms with Crippen molar-refractivity contribution in [3.05, 3.63) is 65.1 Å². The molecule has 0 aliphatic rings. The molecule has 1 aromatic carbocycles.